The van der Waals surface area contributed by atoms with Crippen LogP contribution in [0.3, 0.4) is 0 Å². The standard InChI is InChI=1S/C24H27FN4O3/c1-2-27-8-10-28(11-9-27)15-24(30)29-21(18-6-7-22-23(13-18)32-16-31-22)14-20(26-29)17-4-3-5-19(25)12-17/h3-7,12-13,21H,2,8-11,14-16H2,1H3. The van der Waals surface area contributed by atoms with Crippen LogP contribution in [0.5, 0.6) is 11.5 Å². The average molecular weight is 439 g/mol. The third kappa shape index (κ3) is 4.20. The third-order valence-corrected chi connectivity index (χ3v) is 6.38. The molecule has 3 aliphatic heterocycles. The summed E-state index contributed by atoms with van der Waals surface area (Å²) in [6, 6.07) is 11.8. The van der Waals surface area contributed by atoms with E-state index in [1.54, 1.807) is 11.1 Å². The number of carbonyl (C=O) groups excluding carboxylic acids is 1. The molecule has 2 aromatic carbocycles. The number of halogens is 1. The molecule has 5 rings (SSSR count). The third-order valence-electron chi connectivity index (χ3n) is 6.38. The zero-order valence-corrected chi connectivity index (χ0v) is 18.2. The van der Waals surface area contributed by atoms with Gasteiger partial charge in [0.05, 0.1) is 18.3 Å². The van der Waals surface area contributed by atoms with E-state index in [0.717, 1.165) is 38.3 Å². The Bertz CT molecular complexity index is 1040. The molecule has 0 saturated carbocycles. The monoisotopic (exact) mass is 438 g/mol. The number of nitrogens with zero attached hydrogens (tertiary/aromatic N) is 4. The summed E-state index contributed by atoms with van der Waals surface area (Å²) in [5, 5.41) is 6.25. The fraction of sp³-hybridized carbons (Fsp3) is 0.417. The average Bonchev–Trinajstić information content (AvgIpc) is 3.46. The first-order valence-corrected chi connectivity index (χ1v) is 11.1. The highest BCUT2D eigenvalue weighted by molar-refractivity contribution is 6.03. The second-order valence-electron chi connectivity index (χ2n) is 8.34. The molecular weight excluding hydrogens is 411 g/mol. The molecule has 0 spiro atoms. The molecule has 0 radical (unpaired) electrons. The molecule has 1 saturated heterocycles. The van der Waals surface area contributed by atoms with Crippen molar-refractivity contribution >= 4 is 11.6 Å². The van der Waals surface area contributed by atoms with Gasteiger partial charge in [0.1, 0.15) is 5.82 Å². The van der Waals surface area contributed by atoms with Crippen LogP contribution in [0.25, 0.3) is 0 Å². The van der Waals surface area contributed by atoms with E-state index in [0.29, 0.717) is 35.7 Å². The Morgan fingerprint density at radius 2 is 1.84 bits per heavy atom. The lowest BCUT2D eigenvalue weighted by Crippen LogP contribution is -2.49. The zero-order chi connectivity index (χ0) is 22.1. The molecule has 0 bridgehead atoms. The number of hydrazone groups is 1. The molecular formula is C24H27FN4O3. The largest absolute Gasteiger partial charge is 0.454 e. The molecule has 1 fully saturated rings. The second-order valence-corrected chi connectivity index (χ2v) is 8.34. The Balaban J connectivity index is 1.39. The van der Waals surface area contributed by atoms with Gasteiger partial charge in [-0.1, -0.05) is 25.1 Å². The van der Waals surface area contributed by atoms with Crippen molar-refractivity contribution in [3.05, 3.63) is 59.4 Å². The summed E-state index contributed by atoms with van der Waals surface area (Å²) in [6.07, 6.45) is 0.512. The van der Waals surface area contributed by atoms with Gasteiger partial charge < -0.3 is 14.4 Å². The minimum absolute atomic E-state index is 0.0518. The number of benzene rings is 2. The van der Waals surface area contributed by atoms with Crippen LogP contribution in [0.15, 0.2) is 47.6 Å². The first kappa shape index (κ1) is 20.9. The number of carbonyl (C=O) groups is 1. The Hall–Kier alpha value is -2.97. The smallest absolute Gasteiger partial charge is 0.257 e. The molecule has 0 N–H and O–H groups in total. The van der Waals surface area contributed by atoms with E-state index in [2.05, 4.69) is 21.8 Å². The summed E-state index contributed by atoms with van der Waals surface area (Å²) in [6.45, 7) is 7.36. The predicted molar refractivity (Wildman–Crippen MR) is 118 cm³/mol. The van der Waals surface area contributed by atoms with Gasteiger partial charge >= 0.3 is 0 Å². The molecule has 8 heteroatoms. The Labute approximate surface area is 187 Å². The number of rotatable bonds is 5. The number of likely N-dealkylation sites (N-methyl/N-ethyl adjacent to an activating group) is 1. The van der Waals surface area contributed by atoms with E-state index in [1.807, 2.05) is 24.3 Å². The van der Waals surface area contributed by atoms with Crippen molar-refractivity contribution < 1.29 is 18.7 Å². The Morgan fingerprint density at radius 1 is 1.06 bits per heavy atom. The molecule has 7 nitrogen and oxygen atoms in total. The highest BCUT2D eigenvalue weighted by Crippen LogP contribution is 2.39. The molecule has 1 amide bonds. The number of hydrogen-bond donors (Lipinski definition) is 0. The summed E-state index contributed by atoms with van der Waals surface area (Å²) >= 11 is 0. The van der Waals surface area contributed by atoms with Gasteiger partial charge in [0, 0.05) is 38.2 Å². The maximum Gasteiger partial charge on any atom is 0.257 e. The molecule has 3 heterocycles. The highest BCUT2D eigenvalue weighted by atomic mass is 19.1. The molecule has 1 atom stereocenters. The van der Waals surface area contributed by atoms with Crippen LogP contribution < -0.4 is 9.47 Å². The van der Waals surface area contributed by atoms with Crippen LogP contribution in [0, 0.1) is 5.82 Å². The SMILES string of the molecule is CCN1CCN(CC(=O)N2N=C(c3cccc(F)c3)CC2c2ccc3c(c2)OCO3)CC1. The number of fused-ring (bicyclic) bond motifs is 1. The molecule has 2 aromatic rings. The van der Waals surface area contributed by atoms with Crippen molar-refractivity contribution in [2.45, 2.75) is 19.4 Å². The Kier molecular flexibility index (Phi) is 5.80. The van der Waals surface area contributed by atoms with Crippen molar-refractivity contribution in [1.82, 2.24) is 14.8 Å². The van der Waals surface area contributed by atoms with Gasteiger partial charge in [-0.15, -0.1) is 0 Å². The molecule has 0 aliphatic carbocycles. The topological polar surface area (TPSA) is 57.6 Å². The van der Waals surface area contributed by atoms with Crippen LogP contribution >= 0.6 is 0 Å². The van der Waals surface area contributed by atoms with Crippen molar-refractivity contribution in [3.63, 3.8) is 0 Å². The molecule has 32 heavy (non-hydrogen) atoms. The molecule has 0 aromatic heterocycles. The highest BCUT2D eigenvalue weighted by Gasteiger charge is 2.35. The number of piperazine rings is 1. The van der Waals surface area contributed by atoms with E-state index in [1.165, 1.54) is 12.1 Å². The minimum Gasteiger partial charge on any atom is -0.454 e. The van der Waals surface area contributed by atoms with Gasteiger partial charge in [-0.2, -0.15) is 5.10 Å². The maximum absolute atomic E-state index is 13.8. The lowest BCUT2D eigenvalue weighted by molar-refractivity contribution is -0.134. The summed E-state index contributed by atoms with van der Waals surface area (Å²) < 4.78 is 24.8. The van der Waals surface area contributed by atoms with E-state index in [9.17, 15) is 9.18 Å². The minimum atomic E-state index is -0.316. The Morgan fingerprint density at radius 3 is 2.62 bits per heavy atom. The fourth-order valence-corrected chi connectivity index (χ4v) is 4.49. The van der Waals surface area contributed by atoms with E-state index < -0.39 is 0 Å². The van der Waals surface area contributed by atoms with Crippen molar-refractivity contribution in [1.29, 1.82) is 0 Å². The van der Waals surface area contributed by atoms with Crippen molar-refractivity contribution in [2.24, 2.45) is 5.10 Å². The van der Waals surface area contributed by atoms with Gasteiger partial charge in [0.25, 0.3) is 5.91 Å². The van der Waals surface area contributed by atoms with Crippen LogP contribution in [-0.2, 0) is 4.79 Å². The number of ether oxygens (including phenoxy) is 2. The first-order valence-electron chi connectivity index (χ1n) is 11.1. The lowest BCUT2D eigenvalue weighted by Gasteiger charge is -2.34. The van der Waals surface area contributed by atoms with Gasteiger partial charge in [-0.25, -0.2) is 9.40 Å². The molecule has 168 valence electrons. The molecule has 1 unspecified atom stereocenters. The van der Waals surface area contributed by atoms with Crippen molar-refractivity contribution in [2.75, 3.05) is 46.1 Å². The summed E-state index contributed by atoms with van der Waals surface area (Å²) in [5.41, 5.74) is 2.33. The van der Waals surface area contributed by atoms with Gasteiger partial charge in [-0.3, -0.25) is 9.69 Å². The normalized spacial score (nSPS) is 21.1. The first-order chi connectivity index (χ1) is 15.6. The fourth-order valence-electron chi connectivity index (χ4n) is 4.49. The molecule has 3 aliphatic rings. The number of hydrogen-bond acceptors (Lipinski definition) is 6. The van der Waals surface area contributed by atoms with E-state index in [4.69, 9.17) is 9.47 Å². The van der Waals surface area contributed by atoms with E-state index in [-0.39, 0.29) is 24.6 Å². The summed E-state index contributed by atoms with van der Waals surface area (Å²) in [4.78, 5) is 17.9. The maximum atomic E-state index is 13.8. The zero-order valence-electron chi connectivity index (χ0n) is 18.2. The summed E-state index contributed by atoms with van der Waals surface area (Å²) in [7, 11) is 0. The van der Waals surface area contributed by atoms with Crippen LogP contribution in [0.2, 0.25) is 0 Å². The lowest BCUT2D eigenvalue weighted by atomic mass is 9.98. The van der Waals surface area contributed by atoms with Crippen molar-refractivity contribution in [3.8, 4) is 11.5 Å². The van der Waals surface area contributed by atoms with Gasteiger partial charge in [0.15, 0.2) is 11.5 Å². The van der Waals surface area contributed by atoms with Gasteiger partial charge in [-0.05, 0) is 36.4 Å². The quantitative estimate of drug-likeness (QED) is 0.719. The van der Waals surface area contributed by atoms with Gasteiger partial charge in [0.2, 0.25) is 6.79 Å². The predicted octanol–water partition coefficient (Wildman–Crippen LogP) is 2.87. The van der Waals surface area contributed by atoms with E-state index >= 15 is 0 Å². The second kappa shape index (κ2) is 8.88. The van der Waals surface area contributed by atoms with Crippen LogP contribution in [-0.4, -0.2) is 72.5 Å². The number of amides is 1. The van der Waals surface area contributed by atoms with Crippen LogP contribution in [0.1, 0.15) is 30.5 Å². The summed E-state index contributed by atoms with van der Waals surface area (Å²) in [5.74, 6) is 1.00. The van der Waals surface area contributed by atoms with Crippen LogP contribution in [0.4, 0.5) is 4.39 Å².